The molecule has 6 heteroatoms. The van der Waals surface area contributed by atoms with E-state index in [9.17, 15) is 4.39 Å². The van der Waals surface area contributed by atoms with Crippen molar-refractivity contribution in [1.29, 1.82) is 0 Å². The van der Waals surface area contributed by atoms with E-state index in [-0.39, 0.29) is 17.1 Å². The van der Waals surface area contributed by atoms with Gasteiger partial charge < -0.3 is 5.32 Å². The number of halogens is 2. The first-order valence-corrected chi connectivity index (χ1v) is 9.08. The third-order valence-electron chi connectivity index (χ3n) is 4.36. The van der Waals surface area contributed by atoms with E-state index >= 15 is 0 Å². The summed E-state index contributed by atoms with van der Waals surface area (Å²) in [6.07, 6.45) is 2.92. The zero-order chi connectivity index (χ0) is 19.0. The molecule has 0 radical (unpaired) electrons. The first-order valence-electron chi connectivity index (χ1n) is 8.70. The number of anilines is 1. The van der Waals surface area contributed by atoms with E-state index in [1.54, 1.807) is 12.1 Å². The molecule has 2 atom stereocenters. The van der Waals surface area contributed by atoms with Crippen LogP contribution < -0.4 is 5.32 Å². The minimum Gasteiger partial charge on any atom is -0.378 e. The summed E-state index contributed by atoms with van der Waals surface area (Å²) in [6, 6.07) is 5.01. The van der Waals surface area contributed by atoms with E-state index in [1.807, 2.05) is 19.0 Å². The van der Waals surface area contributed by atoms with Crippen LogP contribution in [0.15, 0.2) is 40.2 Å². The molecule has 140 valence electrons. The highest BCUT2D eigenvalue weighted by molar-refractivity contribution is 6.31. The molecule has 0 aliphatic rings. The van der Waals surface area contributed by atoms with Crippen molar-refractivity contribution in [3.8, 4) is 0 Å². The van der Waals surface area contributed by atoms with Crippen molar-refractivity contribution < 1.29 is 4.39 Å². The van der Waals surface area contributed by atoms with Gasteiger partial charge in [0, 0.05) is 25.3 Å². The maximum absolute atomic E-state index is 13.3. The number of hydrogen-bond donors (Lipinski definition) is 1. The van der Waals surface area contributed by atoms with Gasteiger partial charge >= 0.3 is 0 Å². The number of nitrogens with zero attached hydrogens (tertiary/aromatic N) is 3. The molecular formula is C19H30ClFN4. The molecule has 1 aromatic carbocycles. The summed E-state index contributed by atoms with van der Waals surface area (Å²) < 4.78 is 13.3. The summed E-state index contributed by atoms with van der Waals surface area (Å²) in [5.74, 6) is 0.0611. The molecule has 0 bridgehead atoms. The largest absolute Gasteiger partial charge is 0.378 e. The summed E-state index contributed by atoms with van der Waals surface area (Å²) in [6.45, 7) is 11.2. The minimum atomic E-state index is -0.411. The second kappa shape index (κ2) is 10.4. The van der Waals surface area contributed by atoms with Crippen LogP contribution in [0, 0.1) is 11.7 Å². The van der Waals surface area contributed by atoms with Crippen molar-refractivity contribution in [3.63, 3.8) is 0 Å². The topological polar surface area (TPSA) is 40.0 Å². The Labute approximate surface area is 156 Å². The molecule has 1 aromatic rings. The van der Waals surface area contributed by atoms with E-state index in [4.69, 9.17) is 11.6 Å². The van der Waals surface area contributed by atoms with E-state index in [1.165, 1.54) is 11.6 Å². The smallest absolute Gasteiger partial charge is 0.141 e. The number of nitrogens with one attached hydrogen (secondary N) is 1. The highest BCUT2D eigenvalue weighted by atomic mass is 35.5. The molecule has 0 aliphatic heterocycles. The van der Waals surface area contributed by atoms with Gasteiger partial charge in [-0.25, -0.2) is 4.39 Å². The first kappa shape index (κ1) is 21.4. The van der Waals surface area contributed by atoms with E-state index in [0.29, 0.717) is 5.92 Å². The van der Waals surface area contributed by atoms with Crippen molar-refractivity contribution >= 4 is 17.3 Å². The molecule has 0 spiro atoms. The first-order chi connectivity index (χ1) is 11.7. The van der Waals surface area contributed by atoms with Crippen molar-refractivity contribution in [2.45, 2.75) is 53.1 Å². The minimum absolute atomic E-state index is 0.117. The van der Waals surface area contributed by atoms with Gasteiger partial charge in [-0.3, -0.25) is 5.01 Å². The van der Waals surface area contributed by atoms with Gasteiger partial charge in [0.05, 0.1) is 11.1 Å². The summed E-state index contributed by atoms with van der Waals surface area (Å²) in [4.78, 5) is 0. The van der Waals surface area contributed by atoms with Crippen LogP contribution in [0.5, 0.6) is 0 Å². The fourth-order valence-corrected chi connectivity index (χ4v) is 2.25. The molecule has 0 aromatic heterocycles. The lowest BCUT2D eigenvalue weighted by Crippen LogP contribution is -2.26. The molecular weight excluding hydrogens is 339 g/mol. The predicted octanol–water partition coefficient (Wildman–Crippen LogP) is 5.96. The third-order valence-corrected chi connectivity index (χ3v) is 4.65. The average molecular weight is 369 g/mol. The van der Waals surface area contributed by atoms with Crippen molar-refractivity contribution in [1.82, 2.24) is 5.01 Å². The highest BCUT2D eigenvalue weighted by Crippen LogP contribution is 2.22. The second-order valence-corrected chi connectivity index (χ2v) is 7.13. The summed E-state index contributed by atoms with van der Waals surface area (Å²) >= 11 is 5.87. The molecule has 1 N–H and O–H groups in total. The van der Waals surface area contributed by atoms with Gasteiger partial charge in [-0.2, -0.15) is 5.11 Å². The van der Waals surface area contributed by atoms with Gasteiger partial charge in [0.15, 0.2) is 0 Å². The van der Waals surface area contributed by atoms with E-state index < -0.39 is 5.82 Å². The molecule has 0 fully saturated rings. The standard InChI is InChI=1S/C19H30ClFN4/c1-7-14(4)19(22-16-8-9-18(21)17(20)12-16)10-11-25(6)24-23-15(5)13(2)3/h7-9,12-13,15,19,22H,10-11H2,1-6H3/b14-7+,24-23?. The number of rotatable bonds is 9. The van der Waals surface area contributed by atoms with Crippen LogP contribution in [0.3, 0.4) is 0 Å². The number of allylic oxidation sites excluding steroid dienone is 1. The fourth-order valence-electron chi connectivity index (χ4n) is 2.07. The maximum Gasteiger partial charge on any atom is 0.141 e. The molecule has 4 nitrogen and oxygen atoms in total. The predicted molar refractivity (Wildman–Crippen MR) is 105 cm³/mol. The van der Waals surface area contributed by atoms with Crippen LogP contribution in [0.1, 0.15) is 41.0 Å². The SMILES string of the molecule is C/C=C(\C)C(CCN(C)N=NC(C)C(C)C)Nc1ccc(F)c(Cl)c1. The molecule has 0 aliphatic carbocycles. The highest BCUT2D eigenvalue weighted by Gasteiger charge is 2.13. The van der Waals surface area contributed by atoms with Crippen LogP contribution in [0.25, 0.3) is 0 Å². The molecule has 0 saturated carbocycles. The van der Waals surface area contributed by atoms with Gasteiger partial charge in [0.1, 0.15) is 5.82 Å². The van der Waals surface area contributed by atoms with E-state index in [2.05, 4.69) is 49.4 Å². The molecule has 25 heavy (non-hydrogen) atoms. The lowest BCUT2D eigenvalue weighted by molar-refractivity contribution is 0.304. The Bertz CT molecular complexity index is 601. The van der Waals surface area contributed by atoms with E-state index in [0.717, 1.165) is 18.7 Å². The van der Waals surface area contributed by atoms with Crippen molar-refractivity contribution in [2.24, 2.45) is 16.3 Å². The van der Waals surface area contributed by atoms with Crippen LogP contribution >= 0.6 is 11.6 Å². The van der Waals surface area contributed by atoms with Crippen molar-refractivity contribution in [3.05, 3.63) is 40.7 Å². The summed E-state index contributed by atoms with van der Waals surface area (Å²) in [7, 11) is 1.92. The fraction of sp³-hybridized carbons (Fsp3) is 0.579. The zero-order valence-electron chi connectivity index (χ0n) is 16.1. The Morgan fingerprint density at radius 3 is 2.60 bits per heavy atom. The molecule has 0 amide bonds. The van der Waals surface area contributed by atoms with Crippen LogP contribution in [0.2, 0.25) is 5.02 Å². The second-order valence-electron chi connectivity index (χ2n) is 6.72. The Morgan fingerprint density at radius 2 is 2.04 bits per heavy atom. The third kappa shape index (κ3) is 7.43. The lowest BCUT2D eigenvalue weighted by atomic mass is 10.0. The normalized spacial score (nSPS) is 14.8. The van der Waals surface area contributed by atoms with Gasteiger partial charge in [0.2, 0.25) is 0 Å². The summed E-state index contributed by atoms with van der Waals surface area (Å²) in [5.41, 5.74) is 2.01. The Kier molecular flexibility index (Phi) is 8.90. The molecule has 0 heterocycles. The molecule has 1 rings (SSSR count). The monoisotopic (exact) mass is 368 g/mol. The molecule has 0 saturated heterocycles. The molecule has 2 unspecified atom stereocenters. The van der Waals surface area contributed by atoms with Gasteiger partial charge in [0.25, 0.3) is 0 Å². The summed E-state index contributed by atoms with van der Waals surface area (Å²) in [5, 5.41) is 14.0. The number of benzene rings is 1. The van der Waals surface area contributed by atoms with Crippen molar-refractivity contribution in [2.75, 3.05) is 18.9 Å². The Hall–Kier alpha value is -1.62. The maximum atomic E-state index is 13.3. The average Bonchev–Trinajstić information content (AvgIpc) is 2.58. The Balaban J connectivity index is 2.69. The van der Waals surface area contributed by atoms with Crippen LogP contribution in [-0.4, -0.2) is 30.7 Å². The quantitative estimate of drug-likeness (QED) is 0.332. The zero-order valence-corrected chi connectivity index (χ0v) is 16.8. The Morgan fingerprint density at radius 1 is 1.36 bits per heavy atom. The lowest BCUT2D eigenvalue weighted by Gasteiger charge is -2.23. The van der Waals surface area contributed by atoms with Crippen LogP contribution in [-0.2, 0) is 0 Å². The van der Waals surface area contributed by atoms with Gasteiger partial charge in [-0.1, -0.05) is 42.3 Å². The van der Waals surface area contributed by atoms with Gasteiger partial charge in [-0.15, -0.1) is 0 Å². The number of hydrogen-bond acceptors (Lipinski definition) is 3. The van der Waals surface area contributed by atoms with Gasteiger partial charge in [-0.05, 0) is 51.3 Å². The van der Waals surface area contributed by atoms with Crippen LogP contribution in [0.4, 0.5) is 10.1 Å².